The molecule has 1 aromatic rings. The number of benzene rings is 1. The third kappa shape index (κ3) is 3.77. The molecule has 0 aromatic heterocycles. The van der Waals surface area contributed by atoms with E-state index in [1.807, 2.05) is 0 Å². The van der Waals surface area contributed by atoms with Gasteiger partial charge in [-0.25, -0.2) is 12.8 Å². The minimum absolute atomic E-state index is 0.0222. The van der Waals surface area contributed by atoms with Gasteiger partial charge in [-0.1, -0.05) is 0 Å². The highest BCUT2D eigenvalue weighted by atomic mass is 79.9. The van der Waals surface area contributed by atoms with Crippen molar-refractivity contribution in [1.29, 1.82) is 0 Å². The zero-order chi connectivity index (χ0) is 11.5. The Balaban J connectivity index is 2.86. The van der Waals surface area contributed by atoms with Gasteiger partial charge in [-0.3, -0.25) is 4.72 Å². The molecular formula is C8H10BrFN2O2S. The van der Waals surface area contributed by atoms with Gasteiger partial charge >= 0.3 is 0 Å². The Labute approximate surface area is 95.8 Å². The van der Waals surface area contributed by atoms with Crippen molar-refractivity contribution in [2.75, 3.05) is 17.0 Å². The molecule has 84 valence electrons. The van der Waals surface area contributed by atoms with Crippen LogP contribution in [0.2, 0.25) is 0 Å². The molecule has 0 fully saturated rings. The summed E-state index contributed by atoms with van der Waals surface area (Å²) in [6.07, 6.45) is 0. The Kier molecular flexibility index (Phi) is 4.06. The molecule has 1 rings (SSSR count). The van der Waals surface area contributed by atoms with Gasteiger partial charge in [-0.15, -0.1) is 0 Å². The van der Waals surface area contributed by atoms with Crippen LogP contribution in [0.15, 0.2) is 22.7 Å². The smallest absolute Gasteiger partial charge is 0.233 e. The quantitative estimate of drug-likeness (QED) is 0.879. The second-order valence-electron chi connectivity index (χ2n) is 2.84. The lowest BCUT2D eigenvalue weighted by Gasteiger charge is -2.07. The SMILES string of the molecule is NCCS(=O)(=O)Nc1ccc(Br)c(F)c1. The van der Waals surface area contributed by atoms with Crippen LogP contribution in [-0.4, -0.2) is 20.7 Å². The molecule has 7 heteroatoms. The summed E-state index contributed by atoms with van der Waals surface area (Å²) < 4.78 is 38.1. The van der Waals surface area contributed by atoms with Crippen LogP contribution in [0.3, 0.4) is 0 Å². The first-order valence-electron chi connectivity index (χ1n) is 4.10. The highest BCUT2D eigenvalue weighted by molar-refractivity contribution is 9.10. The monoisotopic (exact) mass is 296 g/mol. The van der Waals surface area contributed by atoms with Crippen molar-refractivity contribution in [3.8, 4) is 0 Å². The number of halogens is 2. The molecule has 0 atom stereocenters. The van der Waals surface area contributed by atoms with Gasteiger partial charge in [-0.2, -0.15) is 0 Å². The maximum absolute atomic E-state index is 13.0. The normalized spacial score (nSPS) is 11.4. The summed E-state index contributed by atoms with van der Waals surface area (Å²) in [6.45, 7) is 0.0222. The highest BCUT2D eigenvalue weighted by Crippen LogP contribution is 2.19. The number of rotatable bonds is 4. The van der Waals surface area contributed by atoms with E-state index < -0.39 is 15.8 Å². The number of nitrogens with two attached hydrogens (primary N) is 1. The van der Waals surface area contributed by atoms with Crippen LogP contribution in [0.4, 0.5) is 10.1 Å². The summed E-state index contributed by atoms with van der Waals surface area (Å²) in [5.74, 6) is -0.715. The van der Waals surface area contributed by atoms with E-state index in [1.54, 1.807) is 0 Å². The van der Waals surface area contributed by atoms with Gasteiger partial charge in [0.25, 0.3) is 0 Å². The molecule has 0 saturated heterocycles. The lowest BCUT2D eigenvalue weighted by Crippen LogP contribution is -2.22. The first-order chi connectivity index (χ1) is 6.94. The average Bonchev–Trinajstić information content (AvgIpc) is 2.10. The summed E-state index contributed by atoms with van der Waals surface area (Å²) in [7, 11) is -3.47. The Morgan fingerprint density at radius 1 is 1.47 bits per heavy atom. The Bertz CT molecular complexity index is 450. The van der Waals surface area contributed by atoms with E-state index >= 15 is 0 Å². The van der Waals surface area contributed by atoms with Crippen molar-refractivity contribution in [2.24, 2.45) is 5.73 Å². The number of nitrogens with one attached hydrogen (secondary N) is 1. The summed E-state index contributed by atoms with van der Waals surface area (Å²) in [5.41, 5.74) is 5.31. The minimum atomic E-state index is -3.47. The molecule has 0 spiro atoms. The van der Waals surface area contributed by atoms with Gasteiger partial charge in [0.2, 0.25) is 10.0 Å². The van der Waals surface area contributed by atoms with Crippen molar-refractivity contribution in [3.63, 3.8) is 0 Å². The number of anilines is 1. The third-order valence-electron chi connectivity index (χ3n) is 1.58. The van der Waals surface area contributed by atoms with Crippen LogP contribution in [-0.2, 0) is 10.0 Å². The molecule has 1 aromatic carbocycles. The summed E-state index contributed by atoms with van der Waals surface area (Å²) in [6, 6.07) is 3.98. The van der Waals surface area contributed by atoms with Gasteiger partial charge in [0.05, 0.1) is 15.9 Å². The second kappa shape index (κ2) is 4.91. The molecule has 0 saturated carbocycles. The molecule has 0 bridgehead atoms. The first-order valence-corrected chi connectivity index (χ1v) is 6.55. The Morgan fingerprint density at radius 2 is 2.13 bits per heavy atom. The van der Waals surface area contributed by atoms with Crippen molar-refractivity contribution < 1.29 is 12.8 Å². The predicted octanol–water partition coefficient (Wildman–Crippen LogP) is 1.29. The molecule has 4 nitrogen and oxygen atoms in total. The van der Waals surface area contributed by atoms with E-state index in [2.05, 4.69) is 20.7 Å². The minimum Gasteiger partial charge on any atom is -0.329 e. The van der Waals surface area contributed by atoms with Crippen molar-refractivity contribution >= 4 is 31.6 Å². The lowest BCUT2D eigenvalue weighted by atomic mass is 10.3. The number of hydrogen-bond acceptors (Lipinski definition) is 3. The molecule has 0 amide bonds. The van der Waals surface area contributed by atoms with Gasteiger partial charge in [-0.05, 0) is 34.1 Å². The summed E-state index contributed by atoms with van der Waals surface area (Å²) >= 11 is 2.97. The first kappa shape index (κ1) is 12.4. The zero-order valence-electron chi connectivity index (χ0n) is 7.70. The fourth-order valence-electron chi connectivity index (χ4n) is 0.945. The largest absolute Gasteiger partial charge is 0.329 e. The van der Waals surface area contributed by atoms with E-state index in [-0.39, 0.29) is 22.5 Å². The summed E-state index contributed by atoms with van der Waals surface area (Å²) in [5, 5.41) is 0. The maximum atomic E-state index is 13.0. The van der Waals surface area contributed by atoms with Crippen LogP contribution in [0.25, 0.3) is 0 Å². The second-order valence-corrected chi connectivity index (χ2v) is 5.53. The van der Waals surface area contributed by atoms with Crippen LogP contribution < -0.4 is 10.5 Å². The number of sulfonamides is 1. The van der Waals surface area contributed by atoms with Gasteiger partial charge in [0.1, 0.15) is 5.82 Å². The average molecular weight is 297 g/mol. The Hall–Kier alpha value is -0.660. The van der Waals surface area contributed by atoms with Crippen LogP contribution in [0.5, 0.6) is 0 Å². The van der Waals surface area contributed by atoms with Crippen LogP contribution in [0, 0.1) is 5.82 Å². The molecule has 0 unspecified atom stereocenters. The molecule has 0 aliphatic heterocycles. The van der Waals surface area contributed by atoms with E-state index in [1.165, 1.54) is 12.1 Å². The molecule has 0 aliphatic carbocycles. The van der Waals surface area contributed by atoms with Crippen LogP contribution in [0.1, 0.15) is 0 Å². The van der Waals surface area contributed by atoms with Gasteiger partial charge in [0, 0.05) is 6.54 Å². The third-order valence-corrected chi connectivity index (χ3v) is 3.54. The molecule has 3 N–H and O–H groups in total. The van der Waals surface area contributed by atoms with Crippen LogP contribution >= 0.6 is 15.9 Å². The van der Waals surface area contributed by atoms with Crippen molar-refractivity contribution in [3.05, 3.63) is 28.5 Å². The molecular weight excluding hydrogens is 287 g/mol. The topological polar surface area (TPSA) is 72.2 Å². The number of hydrogen-bond donors (Lipinski definition) is 2. The van der Waals surface area contributed by atoms with Crippen molar-refractivity contribution in [2.45, 2.75) is 0 Å². The standard InChI is InChI=1S/C8H10BrFN2O2S/c9-7-2-1-6(5-8(7)10)12-15(13,14)4-3-11/h1-2,5,12H,3-4,11H2. The molecule has 0 heterocycles. The van der Waals surface area contributed by atoms with Gasteiger partial charge in [0.15, 0.2) is 0 Å². The maximum Gasteiger partial charge on any atom is 0.233 e. The van der Waals surface area contributed by atoms with E-state index in [0.717, 1.165) is 6.07 Å². The predicted molar refractivity (Wildman–Crippen MR) is 60.6 cm³/mol. The van der Waals surface area contributed by atoms with Gasteiger partial charge < -0.3 is 5.73 Å². The van der Waals surface area contributed by atoms with Crippen molar-refractivity contribution in [1.82, 2.24) is 0 Å². The molecule has 0 radical (unpaired) electrons. The highest BCUT2D eigenvalue weighted by Gasteiger charge is 2.09. The lowest BCUT2D eigenvalue weighted by molar-refractivity contribution is 0.601. The molecule has 15 heavy (non-hydrogen) atoms. The van der Waals surface area contributed by atoms with E-state index in [9.17, 15) is 12.8 Å². The zero-order valence-corrected chi connectivity index (χ0v) is 10.1. The Morgan fingerprint density at radius 3 is 2.67 bits per heavy atom. The molecule has 0 aliphatic rings. The fourth-order valence-corrected chi connectivity index (χ4v) is 2.09. The summed E-state index contributed by atoms with van der Waals surface area (Å²) in [4.78, 5) is 0. The van der Waals surface area contributed by atoms with E-state index in [0.29, 0.717) is 0 Å². The fraction of sp³-hybridized carbons (Fsp3) is 0.250. The van der Waals surface area contributed by atoms with E-state index in [4.69, 9.17) is 5.73 Å².